The van der Waals surface area contributed by atoms with Gasteiger partial charge in [0, 0.05) is 18.1 Å². The zero-order chi connectivity index (χ0) is 20.2. The summed E-state index contributed by atoms with van der Waals surface area (Å²) < 4.78 is 5.73. The zero-order valence-corrected chi connectivity index (χ0v) is 16.2. The first kappa shape index (κ1) is 19.9. The predicted octanol–water partition coefficient (Wildman–Crippen LogP) is 5.62. The molecule has 0 aliphatic rings. The van der Waals surface area contributed by atoms with Gasteiger partial charge in [0.2, 0.25) is 0 Å². The fourth-order valence-electron chi connectivity index (χ4n) is 2.54. The van der Waals surface area contributed by atoms with Crippen molar-refractivity contribution in [3.63, 3.8) is 0 Å². The number of hydrogen-bond acceptors (Lipinski definition) is 3. The molecule has 0 saturated heterocycles. The average molecular weight is 384 g/mol. The first-order chi connectivity index (χ1) is 14.3. The molecule has 0 bridgehead atoms. The Labute approximate surface area is 170 Å². The van der Waals surface area contributed by atoms with Gasteiger partial charge < -0.3 is 9.72 Å². The maximum absolute atomic E-state index is 5.73. The number of H-pyrrole nitrogens is 2. The van der Waals surface area contributed by atoms with Crippen LogP contribution in [-0.2, 0) is 0 Å². The van der Waals surface area contributed by atoms with Gasteiger partial charge >= 0.3 is 0 Å². The fourth-order valence-corrected chi connectivity index (χ4v) is 2.54. The van der Waals surface area contributed by atoms with Gasteiger partial charge in [0.1, 0.15) is 5.75 Å². The third-order valence-corrected chi connectivity index (χ3v) is 4.00. The number of ether oxygens (including phenoxy) is 1. The number of aromatic amines is 2. The molecule has 5 heteroatoms. The third kappa shape index (κ3) is 6.99. The van der Waals surface area contributed by atoms with E-state index in [0.717, 1.165) is 34.8 Å². The van der Waals surface area contributed by atoms with Crippen LogP contribution in [-0.4, -0.2) is 28.5 Å². The number of benzene rings is 1. The highest BCUT2D eigenvalue weighted by atomic mass is 16.5. The van der Waals surface area contributed by atoms with E-state index in [4.69, 9.17) is 4.74 Å². The molecule has 0 unspecified atom stereocenters. The Bertz CT molecular complexity index is 990. The summed E-state index contributed by atoms with van der Waals surface area (Å²) >= 11 is 0. The molecule has 0 atom stereocenters. The predicted molar refractivity (Wildman–Crippen MR) is 122 cm³/mol. The minimum Gasteiger partial charge on any atom is -0.493 e. The molecular weight excluding hydrogens is 360 g/mol. The number of aliphatic imine (C=N–C) groups is 1. The monoisotopic (exact) mass is 384 g/mol. The molecule has 146 valence electrons. The van der Waals surface area contributed by atoms with Gasteiger partial charge in [0.05, 0.1) is 18.0 Å². The second-order valence-corrected chi connectivity index (χ2v) is 6.20. The van der Waals surface area contributed by atoms with Crippen molar-refractivity contribution in [3.8, 4) is 5.75 Å². The Morgan fingerprint density at radius 1 is 1.00 bits per heavy atom. The lowest BCUT2D eigenvalue weighted by Gasteiger charge is -2.04. The van der Waals surface area contributed by atoms with Crippen LogP contribution in [0.3, 0.4) is 0 Å². The van der Waals surface area contributed by atoms with Gasteiger partial charge in [-0.05, 0) is 73.3 Å². The van der Waals surface area contributed by atoms with Gasteiger partial charge in [-0.3, -0.25) is 10.1 Å². The lowest BCUT2D eigenvalue weighted by molar-refractivity contribution is 0.325. The number of hydrogen-bond donors (Lipinski definition) is 2. The molecule has 3 rings (SSSR count). The molecule has 1 aromatic carbocycles. The molecule has 0 fully saturated rings. The lowest BCUT2D eigenvalue weighted by Crippen LogP contribution is -1.95. The molecule has 0 amide bonds. The van der Waals surface area contributed by atoms with Crippen molar-refractivity contribution >= 4 is 31.0 Å². The molecule has 0 aliphatic heterocycles. The van der Waals surface area contributed by atoms with Crippen LogP contribution >= 0.6 is 0 Å². The van der Waals surface area contributed by atoms with Crippen LogP contribution in [0.25, 0.3) is 24.3 Å². The molecule has 0 saturated carbocycles. The van der Waals surface area contributed by atoms with Crippen molar-refractivity contribution in [2.75, 3.05) is 6.61 Å². The van der Waals surface area contributed by atoms with E-state index < -0.39 is 0 Å². The van der Waals surface area contributed by atoms with Crippen LogP contribution in [0.4, 0.5) is 0 Å². The summed E-state index contributed by atoms with van der Waals surface area (Å²) in [5, 5.41) is 7.33. The number of rotatable bonds is 10. The molecule has 0 aliphatic carbocycles. The Hall–Kier alpha value is -3.86. The van der Waals surface area contributed by atoms with Gasteiger partial charge in [-0.25, -0.2) is 0 Å². The SMILES string of the molecule is C=N/C=C\C=C/CCOc1ccc(/C=C/c2cc(/C=C/c3ccc[nH]3)[nH]n2)cc1. The van der Waals surface area contributed by atoms with Crippen molar-refractivity contribution in [2.24, 2.45) is 4.99 Å². The van der Waals surface area contributed by atoms with E-state index in [1.165, 1.54) is 0 Å². The van der Waals surface area contributed by atoms with Gasteiger partial charge in [-0.1, -0.05) is 30.4 Å². The van der Waals surface area contributed by atoms with Gasteiger partial charge in [-0.2, -0.15) is 5.10 Å². The van der Waals surface area contributed by atoms with Crippen LogP contribution in [0.2, 0.25) is 0 Å². The highest BCUT2D eigenvalue weighted by molar-refractivity contribution is 5.71. The summed E-state index contributed by atoms with van der Waals surface area (Å²) in [6.07, 6.45) is 18.2. The Morgan fingerprint density at radius 2 is 1.86 bits per heavy atom. The summed E-state index contributed by atoms with van der Waals surface area (Å²) in [4.78, 5) is 6.77. The summed E-state index contributed by atoms with van der Waals surface area (Å²) in [6.45, 7) is 4.01. The van der Waals surface area contributed by atoms with Crippen molar-refractivity contribution in [1.29, 1.82) is 0 Å². The largest absolute Gasteiger partial charge is 0.493 e. The maximum atomic E-state index is 5.73. The fraction of sp³-hybridized carbons (Fsp3) is 0.0833. The van der Waals surface area contributed by atoms with Crippen molar-refractivity contribution in [3.05, 3.63) is 95.7 Å². The number of nitrogens with one attached hydrogen (secondary N) is 2. The summed E-state index contributed by atoms with van der Waals surface area (Å²) in [5.41, 5.74) is 3.97. The van der Waals surface area contributed by atoms with E-state index >= 15 is 0 Å². The molecule has 2 heterocycles. The quantitative estimate of drug-likeness (QED) is 0.271. The summed E-state index contributed by atoms with van der Waals surface area (Å²) in [7, 11) is 0. The van der Waals surface area contributed by atoms with Gasteiger partial charge in [0.15, 0.2) is 0 Å². The number of nitrogens with zero attached hydrogens (tertiary/aromatic N) is 2. The minimum absolute atomic E-state index is 0.632. The number of aromatic nitrogens is 3. The van der Waals surface area contributed by atoms with Crippen molar-refractivity contribution < 1.29 is 4.74 Å². The van der Waals surface area contributed by atoms with E-state index in [1.807, 2.05) is 91.2 Å². The van der Waals surface area contributed by atoms with Gasteiger partial charge in [-0.15, -0.1) is 0 Å². The average Bonchev–Trinajstić information content (AvgIpc) is 3.43. The highest BCUT2D eigenvalue weighted by Gasteiger charge is 1.96. The van der Waals surface area contributed by atoms with E-state index in [2.05, 4.69) is 26.9 Å². The highest BCUT2D eigenvalue weighted by Crippen LogP contribution is 2.15. The molecular formula is C24H24N4O. The van der Waals surface area contributed by atoms with Crippen LogP contribution in [0.1, 0.15) is 29.1 Å². The summed E-state index contributed by atoms with van der Waals surface area (Å²) in [6, 6.07) is 14.0. The molecule has 2 aromatic heterocycles. The molecule has 29 heavy (non-hydrogen) atoms. The zero-order valence-electron chi connectivity index (χ0n) is 16.2. The van der Waals surface area contributed by atoms with Crippen LogP contribution in [0.5, 0.6) is 5.75 Å². The first-order valence-corrected chi connectivity index (χ1v) is 9.39. The van der Waals surface area contributed by atoms with Crippen molar-refractivity contribution in [1.82, 2.24) is 15.2 Å². The third-order valence-electron chi connectivity index (χ3n) is 4.00. The Balaban J connectivity index is 1.47. The second kappa shape index (κ2) is 11.1. The standard InChI is InChI=1S/C24H24N4O/c1-25-16-4-2-3-5-18-29-24-14-9-20(10-15-24)8-11-22-19-23(28-27-22)13-12-21-7-6-17-26-21/h2-4,6-17,19,26H,1,5,18H2,(H,27,28)/b3-2-,11-8+,13-12+,16-4-. The molecule has 0 radical (unpaired) electrons. The minimum atomic E-state index is 0.632. The summed E-state index contributed by atoms with van der Waals surface area (Å²) in [5.74, 6) is 0.857. The Kier molecular flexibility index (Phi) is 7.61. The molecule has 0 spiro atoms. The first-order valence-electron chi connectivity index (χ1n) is 9.39. The van der Waals surface area contributed by atoms with Crippen LogP contribution in [0, 0.1) is 0 Å². The van der Waals surface area contributed by atoms with E-state index in [9.17, 15) is 0 Å². The topological polar surface area (TPSA) is 66.1 Å². The van der Waals surface area contributed by atoms with Crippen molar-refractivity contribution in [2.45, 2.75) is 6.42 Å². The second-order valence-electron chi connectivity index (χ2n) is 6.20. The maximum Gasteiger partial charge on any atom is 0.119 e. The molecule has 3 aromatic rings. The lowest BCUT2D eigenvalue weighted by atomic mass is 10.2. The molecule has 2 N–H and O–H groups in total. The smallest absolute Gasteiger partial charge is 0.119 e. The van der Waals surface area contributed by atoms with E-state index in [-0.39, 0.29) is 0 Å². The molecule has 5 nitrogen and oxygen atoms in total. The normalized spacial score (nSPS) is 12.0. The van der Waals surface area contributed by atoms with E-state index in [1.54, 1.807) is 6.20 Å². The van der Waals surface area contributed by atoms with Gasteiger partial charge in [0.25, 0.3) is 0 Å². The van der Waals surface area contributed by atoms with Crippen LogP contribution < -0.4 is 4.74 Å². The number of allylic oxidation sites excluding steroid dienone is 2. The van der Waals surface area contributed by atoms with E-state index in [0.29, 0.717) is 6.61 Å². The Morgan fingerprint density at radius 3 is 2.66 bits per heavy atom. The van der Waals surface area contributed by atoms with Crippen LogP contribution in [0.15, 0.2) is 78.1 Å².